The lowest BCUT2D eigenvalue weighted by Gasteiger charge is -2.42. The van der Waals surface area contributed by atoms with Crippen molar-refractivity contribution >= 4 is 41.7 Å². The van der Waals surface area contributed by atoms with Gasteiger partial charge in [-0.05, 0) is 31.2 Å². The Morgan fingerprint density at radius 3 is 2.35 bits per heavy atom. The van der Waals surface area contributed by atoms with Crippen LogP contribution in [0.3, 0.4) is 0 Å². The van der Waals surface area contributed by atoms with Gasteiger partial charge in [0.2, 0.25) is 0 Å². The molecule has 2 atom stereocenters. The van der Waals surface area contributed by atoms with Crippen molar-refractivity contribution in [2.24, 2.45) is 5.41 Å². The van der Waals surface area contributed by atoms with E-state index in [2.05, 4.69) is 10.3 Å². The molecule has 2 aliphatic heterocycles. The van der Waals surface area contributed by atoms with Crippen LogP contribution in [0.5, 0.6) is 0 Å². The summed E-state index contributed by atoms with van der Waals surface area (Å²) in [6.45, 7) is 7.83. The lowest BCUT2D eigenvalue weighted by Crippen LogP contribution is -2.63. The van der Waals surface area contributed by atoms with E-state index in [9.17, 15) is 29.1 Å². The number of nitrogens with zero attached hydrogens (tertiary/aromatic N) is 5. The number of rotatable bonds is 4. The topological polar surface area (TPSA) is 154 Å². The minimum absolute atomic E-state index is 0.0429. The third-order valence-corrected chi connectivity index (χ3v) is 7.31. The molecule has 2 aliphatic rings. The highest BCUT2D eigenvalue weighted by Gasteiger charge is 2.56. The van der Waals surface area contributed by atoms with E-state index < -0.39 is 35.0 Å². The summed E-state index contributed by atoms with van der Waals surface area (Å²) in [5, 5.41) is 12.7. The number of aromatic nitrogens is 2. The van der Waals surface area contributed by atoms with E-state index in [-0.39, 0.29) is 55.1 Å². The van der Waals surface area contributed by atoms with Gasteiger partial charge in [0.05, 0.1) is 17.3 Å². The summed E-state index contributed by atoms with van der Waals surface area (Å²) < 4.78 is 7.00. The molecular formula is C26H31ClN6O7. The van der Waals surface area contributed by atoms with Gasteiger partial charge >= 0.3 is 17.8 Å². The SMILES string of the molecule is CC(C)(C)[C@H]1OC[C@@](C)(C(=O)N2CCN(C(=O)Nc3ccn(-c4ccc(C=O)c(Cl)c4)c(=O)n3)CC2)N1C(=O)O. The summed E-state index contributed by atoms with van der Waals surface area (Å²) in [6.07, 6.45) is 0.0262. The van der Waals surface area contributed by atoms with Crippen LogP contribution >= 0.6 is 11.6 Å². The molecule has 0 unspecified atom stereocenters. The Bertz CT molecular complexity index is 1400. The zero-order valence-electron chi connectivity index (χ0n) is 22.6. The molecule has 2 N–H and O–H groups in total. The van der Waals surface area contributed by atoms with Crippen molar-refractivity contribution in [2.45, 2.75) is 39.5 Å². The molecule has 1 aromatic carbocycles. The number of piperazine rings is 1. The van der Waals surface area contributed by atoms with Crippen LogP contribution in [0.4, 0.5) is 15.4 Å². The highest BCUT2D eigenvalue weighted by molar-refractivity contribution is 6.33. The first-order valence-corrected chi connectivity index (χ1v) is 13.0. The molecule has 4 amide bonds. The molecule has 4 rings (SSSR count). The van der Waals surface area contributed by atoms with Gasteiger partial charge in [0, 0.05) is 43.4 Å². The molecule has 1 aromatic heterocycles. The van der Waals surface area contributed by atoms with E-state index in [1.165, 1.54) is 38.8 Å². The van der Waals surface area contributed by atoms with Crippen molar-refractivity contribution in [3.63, 3.8) is 0 Å². The van der Waals surface area contributed by atoms with Gasteiger partial charge < -0.3 is 19.6 Å². The van der Waals surface area contributed by atoms with Crippen molar-refractivity contribution < 1.29 is 29.0 Å². The molecule has 0 radical (unpaired) electrons. The lowest BCUT2D eigenvalue weighted by atomic mass is 9.91. The smallest absolute Gasteiger partial charge is 0.410 e. The molecule has 2 fully saturated rings. The molecule has 0 spiro atoms. The maximum Gasteiger partial charge on any atom is 0.410 e. The average Bonchev–Trinajstić information content (AvgIpc) is 3.27. The maximum atomic E-state index is 13.5. The fourth-order valence-corrected chi connectivity index (χ4v) is 5.05. The molecule has 0 aliphatic carbocycles. The highest BCUT2D eigenvalue weighted by atomic mass is 35.5. The molecule has 2 aromatic rings. The number of urea groups is 1. The summed E-state index contributed by atoms with van der Waals surface area (Å²) in [6, 6.07) is 5.46. The van der Waals surface area contributed by atoms with Gasteiger partial charge in [-0.2, -0.15) is 4.98 Å². The van der Waals surface area contributed by atoms with Gasteiger partial charge in [0.1, 0.15) is 17.6 Å². The minimum atomic E-state index is -1.39. The number of hydrogen-bond donors (Lipinski definition) is 2. The zero-order valence-corrected chi connectivity index (χ0v) is 23.3. The predicted molar refractivity (Wildman–Crippen MR) is 145 cm³/mol. The quantitative estimate of drug-likeness (QED) is 0.528. The molecule has 2 saturated heterocycles. The molecule has 214 valence electrons. The summed E-state index contributed by atoms with van der Waals surface area (Å²) in [7, 11) is 0. The Morgan fingerprint density at radius 1 is 1.15 bits per heavy atom. The van der Waals surface area contributed by atoms with Crippen LogP contribution in [0.1, 0.15) is 38.1 Å². The molecule has 40 heavy (non-hydrogen) atoms. The molecule has 0 saturated carbocycles. The van der Waals surface area contributed by atoms with Crippen LogP contribution in [0.2, 0.25) is 5.02 Å². The first kappa shape index (κ1) is 29.0. The number of benzene rings is 1. The Morgan fingerprint density at radius 2 is 1.80 bits per heavy atom. The van der Waals surface area contributed by atoms with Crippen LogP contribution in [0, 0.1) is 5.41 Å². The number of hydrogen-bond acceptors (Lipinski definition) is 7. The van der Waals surface area contributed by atoms with Gasteiger partial charge in [-0.15, -0.1) is 0 Å². The third-order valence-electron chi connectivity index (χ3n) is 6.98. The van der Waals surface area contributed by atoms with Crippen LogP contribution in [-0.4, -0.2) is 98.2 Å². The second-order valence-corrected chi connectivity index (χ2v) is 11.4. The van der Waals surface area contributed by atoms with Gasteiger partial charge in [-0.25, -0.2) is 14.4 Å². The number of carboxylic acid groups (broad SMARTS) is 1. The standard InChI is InChI=1S/C26H31ClN6O7/c1-25(2,3)21-33(24(38)39)26(4,15-40-21)20(35)30-9-11-31(12-10-30)22(36)28-19-7-8-32(23(37)29-19)17-6-5-16(14-34)18(27)13-17/h5-8,13-14,21H,9-12,15H2,1-4H3,(H,38,39)(H,28,29,36,37)/t21-,26+/m1/s1. The average molecular weight is 575 g/mol. The molecular weight excluding hydrogens is 544 g/mol. The summed E-state index contributed by atoms with van der Waals surface area (Å²) in [5.74, 6) is -0.338. The Kier molecular flexibility index (Phi) is 7.90. The Labute approximate surface area is 235 Å². The van der Waals surface area contributed by atoms with Gasteiger partial charge in [0.15, 0.2) is 6.29 Å². The number of carbonyl (C=O) groups is 4. The van der Waals surface area contributed by atoms with Crippen molar-refractivity contribution in [1.29, 1.82) is 0 Å². The Balaban J connectivity index is 1.38. The number of halogens is 1. The van der Waals surface area contributed by atoms with Gasteiger partial charge in [-0.3, -0.25) is 24.4 Å². The van der Waals surface area contributed by atoms with Gasteiger partial charge in [0.25, 0.3) is 5.91 Å². The second kappa shape index (κ2) is 10.9. The number of nitrogens with one attached hydrogen (secondary N) is 1. The van der Waals surface area contributed by atoms with Crippen molar-refractivity contribution in [2.75, 3.05) is 38.1 Å². The second-order valence-electron chi connectivity index (χ2n) is 11.0. The fraction of sp³-hybridized carbons (Fsp3) is 0.462. The summed E-state index contributed by atoms with van der Waals surface area (Å²) >= 11 is 6.05. The van der Waals surface area contributed by atoms with E-state index in [1.54, 1.807) is 13.0 Å². The molecule has 3 heterocycles. The highest BCUT2D eigenvalue weighted by Crippen LogP contribution is 2.38. The van der Waals surface area contributed by atoms with E-state index in [0.717, 1.165) is 4.90 Å². The fourth-order valence-electron chi connectivity index (χ4n) is 4.83. The van der Waals surface area contributed by atoms with E-state index in [4.69, 9.17) is 16.3 Å². The number of aldehydes is 1. The number of ether oxygens (including phenoxy) is 1. The first-order chi connectivity index (χ1) is 18.8. The zero-order chi connectivity index (χ0) is 29.4. The van der Waals surface area contributed by atoms with E-state index >= 15 is 0 Å². The molecule has 0 bridgehead atoms. The maximum absolute atomic E-state index is 13.5. The normalized spacial score (nSPS) is 21.3. The van der Waals surface area contributed by atoms with Crippen LogP contribution in [0.15, 0.2) is 35.3 Å². The number of anilines is 1. The molecule has 14 heteroatoms. The van der Waals surface area contributed by atoms with E-state index in [1.807, 2.05) is 20.8 Å². The monoisotopic (exact) mass is 574 g/mol. The van der Waals surface area contributed by atoms with Crippen LogP contribution in [0.25, 0.3) is 5.69 Å². The van der Waals surface area contributed by atoms with Crippen molar-refractivity contribution in [3.05, 3.63) is 51.5 Å². The van der Waals surface area contributed by atoms with Crippen LogP contribution < -0.4 is 11.0 Å². The van der Waals surface area contributed by atoms with Crippen molar-refractivity contribution in [1.82, 2.24) is 24.3 Å². The summed E-state index contributed by atoms with van der Waals surface area (Å²) in [4.78, 5) is 70.0. The first-order valence-electron chi connectivity index (χ1n) is 12.6. The number of amides is 4. The Hall–Kier alpha value is -3.97. The van der Waals surface area contributed by atoms with E-state index in [0.29, 0.717) is 12.0 Å². The predicted octanol–water partition coefficient (Wildman–Crippen LogP) is 2.52. The largest absolute Gasteiger partial charge is 0.465 e. The lowest BCUT2D eigenvalue weighted by molar-refractivity contribution is -0.143. The third kappa shape index (κ3) is 5.52. The molecule has 13 nitrogen and oxygen atoms in total. The van der Waals surface area contributed by atoms with Gasteiger partial charge in [-0.1, -0.05) is 32.4 Å². The van der Waals surface area contributed by atoms with Crippen molar-refractivity contribution in [3.8, 4) is 5.69 Å². The number of carbonyl (C=O) groups excluding carboxylic acids is 3. The minimum Gasteiger partial charge on any atom is -0.465 e. The summed E-state index contributed by atoms with van der Waals surface area (Å²) in [5.41, 5.74) is -1.89. The van der Waals surface area contributed by atoms with Crippen LogP contribution in [-0.2, 0) is 9.53 Å².